The molecule has 2 saturated heterocycles. The van der Waals surface area contributed by atoms with Crippen molar-refractivity contribution < 1.29 is 4.74 Å². The summed E-state index contributed by atoms with van der Waals surface area (Å²) in [4.78, 5) is 5.30. The molecule has 0 saturated carbocycles. The zero-order chi connectivity index (χ0) is 13.8. The Kier molecular flexibility index (Phi) is 5.67. The van der Waals surface area contributed by atoms with E-state index in [4.69, 9.17) is 4.74 Å². The molecule has 0 unspecified atom stereocenters. The van der Waals surface area contributed by atoms with Crippen molar-refractivity contribution in [2.75, 3.05) is 32.7 Å². The molecule has 3 nitrogen and oxygen atoms in total. The van der Waals surface area contributed by atoms with Crippen LogP contribution in [-0.4, -0.2) is 60.8 Å². The molecule has 0 N–H and O–H groups in total. The van der Waals surface area contributed by atoms with Crippen molar-refractivity contribution in [3.8, 4) is 0 Å². The lowest BCUT2D eigenvalue weighted by Crippen LogP contribution is -2.49. The highest BCUT2D eigenvalue weighted by Gasteiger charge is 2.27. The Morgan fingerprint density at radius 2 is 1.68 bits per heavy atom. The minimum Gasteiger partial charge on any atom is -0.373 e. The lowest BCUT2D eigenvalue weighted by Gasteiger charge is -2.40. The number of morpholine rings is 1. The molecule has 0 spiro atoms. The number of likely N-dealkylation sites (tertiary alicyclic amines) is 1. The maximum absolute atomic E-state index is 5.82. The van der Waals surface area contributed by atoms with Crippen LogP contribution in [0.15, 0.2) is 0 Å². The summed E-state index contributed by atoms with van der Waals surface area (Å²) in [5.74, 6) is 0.901. The fourth-order valence-electron chi connectivity index (χ4n) is 3.63. The molecular weight excluding hydrogens is 236 g/mol. The lowest BCUT2D eigenvalue weighted by atomic mass is 9.94. The molecule has 112 valence electrons. The van der Waals surface area contributed by atoms with Crippen LogP contribution in [0.3, 0.4) is 0 Å². The predicted octanol–water partition coefficient (Wildman–Crippen LogP) is 2.61. The maximum Gasteiger partial charge on any atom is 0.0678 e. The van der Waals surface area contributed by atoms with Gasteiger partial charge in [-0.2, -0.15) is 0 Å². The monoisotopic (exact) mass is 268 g/mol. The number of ether oxygens (including phenoxy) is 1. The highest BCUT2D eigenvalue weighted by molar-refractivity contribution is 4.80. The third kappa shape index (κ3) is 4.44. The van der Waals surface area contributed by atoms with Gasteiger partial charge in [0.2, 0.25) is 0 Å². The molecule has 0 aliphatic carbocycles. The van der Waals surface area contributed by atoms with Crippen molar-refractivity contribution in [1.82, 2.24) is 9.80 Å². The summed E-state index contributed by atoms with van der Waals surface area (Å²) in [6.07, 6.45) is 4.85. The van der Waals surface area contributed by atoms with Gasteiger partial charge in [0.15, 0.2) is 0 Å². The van der Waals surface area contributed by atoms with Crippen molar-refractivity contribution in [2.24, 2.45) is 5.92 Å². The van der Waals surface area contributed by atoms with Gasteiger partial charge in [0.1, 0.15) is 0 Å². The van der Waals surface area contributed by atoms with Crippen LogP contribution in [-0.2, 0) is 4.74 Å². The van der Waals surface area contributed by atoms with E-state index in [-0.39, 0.29) is 0 Å². The SMILES string of the molecule is CC[C@@H](C)N1CCC(CN2C[C@@H](C)O[C@@H](C)C2)CC1. The van der Waals surface area contributed by atoms with Gasteiger partial charge in [-0.3, -0.25) is 4.90 Å². The van der Waals surface area contributed by atoms with Crippen molar-refractivity contribution >= 4 is 0 Å². The highest BCUT2D eigenvalue weighted by Crippen LogP contribution is 2.22. The van der Waals surface area contributed by atoms with Crippen LogP contribution in [0.4, 0.5) is 0 Å². The van der Waals surface area contributed by atoms with Gasteiger partial charge < -0.3 is 9.64 Å². The van der Waals surface area contributed by atoms with E-state index in [2.05, 4.69) is 37.5 Å². The molecule has 2 aliphatic heterocycles. The van der Waals surface area contributed by atoms with E-state index in [0.717, 1.165) is 25.0 Å². The van der Waals surface area contributed by atoms with Crippen molar-refractivity contribution in [2.45, 2.75) is 65.2 Å². The van der Waals surface area contributed by atoms with E-state index in [0.29, 0.717) is 12.2 Å². The summed E-state index contributed by atoms with van der Waals surface area (Å²) in [5, 5.41) is 0. The van der Waals surface area contributed by atoms with Crippen LogP contribution in [0.1, 0.15) is 47.0 Å². The third-order valence-corrected chi connectivity index (χ3v) is 4.87. The molecule has 19 heavy (non-hydrogen) atoms. The molecule has 3 heteroatoms. The Balaban J connectivity index is 1.73. The van der Waals surface area contributed by atoms with Gasteiger partial charge in [0.25, 0.3) is 0 Å². The average Bonchev–Trinajstić information content (AvgIpc) is 2.37. The molecule has 2 aliphatic rings. The second-order valence-electron chi connectivity index (χ2n) is 6.71. The van der Waals surface area contributed by atoms with E-state index >= 15 is 0 Å². The topological polar surface area (TPSA) is 15.7 Å². The zero-order valence-electron chi connectivity index (χ0n) is 13.3. The summed E-state index contributed by atoms with van der Waals surface area (Å²) in [6.45, 7) is 15.2. The number of hydrogen-bond acceptors (Lipinski definition) is 3. The minimum absolute atomic E-state index is 0.406. The maximum atomic E-state index is 5.82. The number of hydrogen-bond donors (Lipinski definition) is 0. The molecule has 0 amide bonds. The molecule has 0 aromatic heterocycles. The van der Waals surface area contributed by atoms with Crippen LogP contribution in [0.25, 0.3) is 0 Å². The molecule has 0 bridgehead atoms. The van der Waals surface area contributed by atoms with Gasteiger partial charge >= 0.3 is 0 Å². The van der Waals surface area contributed by atoms with E-state index in [1.165, 1.54) is 38.9 Å². The summed E-state index contributed by atoms with van der Waals surface area (Å²) in [7, 11) is 0. The third-order valence-electron chi connectivity index (χ3n) is 4.87. The predicted molar refractivity (Wildman–Crippen MR) is 80.5 cm³/mol. The molecule has 0 aromatic carbocycles. The second kappa shape index (κ2) is 7.05. The smallest absolute Gasteiger partial charge is 0.0678 e. The Bertz CT molecular complexity index is 253. The van der Waals surface area contributed by atoms with Crippen LogP contribution < -0.4 is 0 Å². The number of piperidine rings is 1. The Labute approximate surface area is 119 Å². The second-order valence-corrected chi connectivity index (χ2v) is 6.71. The first-order chi connectivity index (χ1) is 9.08. The van der Waals surface area contributed by atoms with Gasteiger partial charge in [0, 0.05) is 25.7 Å². The number of nitrogens with zero attached hydrogens (tertiary/aromatic N) is 2. The largest absolute Gasteiger partial charge is 0.373 e. The Morgan fingerprint density at radius 1 is 1.11 bits per heavy atom. The molecule has 2 heterocycles. The first-order valence-corrected chi connectivity index (χ1v) is 8.20. The zero-order valence-corrected chi connectivity index (χ0v) is 13.3. The first-order valence-electron chi connectivity index (χ1n) is 8.20. The van der Waals surface area contributed by atoms with Gasteiger partial charge in [0.05, 0.1) is 12.2 Å². The van der Waals surface area contributed by atoms with Crippen LogP contribution in [0.2, 0.25) is 0 Å². The summed E-state index contributed by atoms with van der Waals surface area (Å²) in [6, 6.07) is 0.768. The summed E-state index contributed by atoms with van der Waals surface area (Å²) < 4.78 is 5.82. The molecule has 2 fully saturated rings. The van der Waals surface area contributed by atoms with Crippen molar-refractivity contribution in [3.63, 3.8) is 0 Å². The summed E-state index contributed by atoms with van der Waals surface area (Å²) in [5.41, 5.74) is 0. The normalized spacial score (nSPS) is 33.5. The van der Waals surface area contributed by atoms with Gasteiger partial charge in [-0.05, 0) is 59.0 Å². The van der Waals surface area contributed by atoms with E-state index < -0.39 is 0 Å². The quantitative estimate of drug-likeness (QED) is 0.779. The van der Waals surface area contributed by atoms with Gasteiger partial charge in [-0.1, -0.05) is 6.92 Å². The minimum atomic E-state index is 0.406. The Morgan fingerprint density at radius 3 is 2.21 bits per heavy atom. The number of rotatable bonds is 4. The van der Waals surface area contributed by atoms with E-state index in [9.17, 15) is 0 Å². The van der Waals surface area contributed by atoms with E-state index in [1.807, 2.05) is 0 Å². The van der Waals surface area contributed by atoms with Crippen molar-refractivity contribution in [1.29, 1.82) is 0 Å². The summed E-state index contributed by atoms with van der Waals surface area (Å²) >= 11 is 0. The molecule has 0 aromatic rings. The molecule has 3 atom stereocenters. The first kappa shape index (κ1) is 15.3. The molecule has 2 rings (SSSR count). The highest BCUT2D eigenvalue weighted by atomic mass is 16.5. The van der Waals surface area contributed by atoms with Crippen molar-refractivity contribution in [3.05, 3.63) is 0 Å². The average molecular weight is 268 g/mol. The van der Waals surface area contributed by atoms with Gasteiger partial charge in [-0.25, -0.2) is 0 Å². The fraction of sp³-hybridized carbons (Fsp3) is 1.00. The molecular formula is C16H32N2O. The lowest BCUT2D eigenvalue weighted by molar-refractivity contribution is -0.0734. The fourth-order valence-corrected chi connectivity index (χ4v) is 3.63. The van der Waals surface area contributed by atoms with Gasteiger partial charge in [-0.15, -0.1) is 0 Å². The Hall–Kier alpha value is -0.120. The van der Waals surface area contributed by atoms with Crippen LogP contribution in [0.5, 0.6) is 0 Å². The van der Waals surface area contributed by atoms with E-state index in [1.54, 1.807) is 0 Å². The standard InChI is InChI=1S/C16H32N2O/c1-5-13(2)18-8-6-16(7-9-18)12-17-10-14(3)19-15(4)11-17/h13-16H,5-12H2,1-4H3/t13-,14-,15+/m1/s1. The molecule has 0 radical (unpaired) electrons. The van der Waals surface area contributed by atoms with Crippen LogP contribution >= 0.6 is 0 Å². The van der Waals surface area contributed by atoms with Crippen LogP contribution in [0, 0.1) is 5.92 Å².